The lowest BCUT2D eigenvalue weighted by Crippen LogP contribution is -2.26. The molecule has 0 aromatic carbocycles. The van der Waals surface area contributed by atoms with Crippen LogP contribution in [0.25, 0.3) is 0 Å². The van der Waals surface area contributed by atoms with Gasteiger partial charge in [0.1, 0.15) is 0 Å². The van der Waals surface area contributed by atoms with Crippen LogP contribution in [0.5, 0.6) is 0 Å². The van der Waals surface area contributed by atoms with Gasteiger partial charge in [-0.25, -0.2) is 4.98 Å². The number of hydrogen-bond acceptors (Lipinski definition) is 3. The summed E-state index contributed by atoms with van der Waals surface area (Å²) in [5, 5.41) is 3.12. The Hall–Kier alpha value is -1.16. The molecule has 1 aromatic rings. The first kappa shape index (κ1) is 9.92. The van der Waals surface area contributed by atoms with Gasteiger partial charge in [-0.1, -0.05) is 0 Å². The molecule has 13 heavy (non-hydrogen) atoms. The lowest BCUT2D eigenvalue weighted by Gasteiger charge is -2.10. The molecule has 0 radical (unpaired) electrons. The molecule has 4 heteroatoms. The van der Waals surface area contributed by atoms with Gasteiger partial charge in [0.2, 0.25) is 0 Å². The molecule has 0 fully saturated rings. The van der Waals surface area contributed by atoms with Gasteiger partial charge in [-0.2, -0.15) is 0 Å². The average molecular weight is 181 g/mol. The van der Waals surface area contributed by atoms with Crippen molar-refractivity contribution in [3.8, 4) is 0 Å². The fourth-order valence-corrected chi connectivity index (χ4v) is 1.02. The second-order valence-electron chi connectivity index (χ2n) is 3.09. The molecule has 0 aliphatic heterocycles. The summed E-state index contributed by atoms with van der Waals surface area (Å²) in [7, 11) is 1.91. The summed E-state index contributed by atoms with van der Waals surface area (Å²) >= 11 is 0. The second kappa shape index (κ2) is 4.77. The average Bonchev–Trinajstić information content (AvgIpc) is 2.16. The number of rotatable bonds is 4. The van der Waals surface area contributed by atoms with Gasteiger partial charge in [0.15, 0.2) is 0 Å². The number of hydrogen-bond donors (Lipinski definition) is 1. The number of nitrogens with one attached hydrogen (secondary N) is 1. The summed E-state index contributed by atoms with van der Waals surface area (Å²) in [6.07, 6.45) is 4.02. The maximum absolute atomic E-state index is 11.2. The summed E-state index contributed by atoms with van der Waals surface area (Å²) < 4.78 is 1.62. The van der Waals surface area contributed by atoms with E-state index in [1.54, 1.807) is 10.9 Å². The van der Waals surface area contributed by atoms with Crippen molar-refractivity contribution in [2.75, 3.05) is 7.05 Å². The first-order valence-corrected chi connectivity index (χ1v) is 4.41. The highest BCUT2D eigenvalue weighted by atomic mass is 16.1. The summed E-state index contributed by atoms with van der Waals surface area (Å²) in [6.45, 7) is 2.80. The van der Waals surface area contributed by atoms with Crippen molar-refractivity contribution >= 4 is 0 Å². The van der Waals surface area contributed by atoms with Crippen molar-refractivity contribution in [3.05, 3.63) is 28.9 Å². The molecule has 1 aromatic heterocycles. The topological polar surface area (TPSA) is 46.9 Å². The Morgan fingerprint density at radius 2 is 2.46 bits per heavy atom. The van der Waals surface area contributed by atoms with E-state index < -0.39 is 0 Å². The standard InChI is InChI=1S/C9H15N3O/c1-8(10-2)4-6-12-7-11-5-3-9(12)13/h3,5,7-8,10H,4,6H2,1-2H3. The maximum atomic E-state index is 11.2. The third kappa shape index (κ3) is 2.99. The molecule has 0 spiro atoms. The molecule has 1 unspecified atom stereocenters. The predicted octanol–water partition coefficient (Wildman–Crippen LogP) is 0.241. The van der Waals surface area contributed by atoms with E-state index in [9.17, 15) is 4.79 Å². The minimum Gasteiger partial charge on any atom is -0.317 e. The van der Waals surface area contributed by atoms with E-state index in [-0.39, 0.29) is 5.56 Å². The largest absolute Gasteiger partial charge is 0.317 e. The zero-order chi connectivity index (χ0) is 9.68. The molecule has 0 saturated carbocycles. The van der Waals surface area contributed by atoms with Crippen LogP contribution in [0, 0.1) is 0 Å². The molecular formula is C9H15N3O. The van der Waals surface area contributed by atoms with E-state index in [2.05, 4.69) is 17.2 Å². The molecule has 72 valence electrons. The molecule has 1 atom stereocenters. The van der Waals surface area contributed by atoms with Gasteiger partial charge in [0.05, 0.1) is 6.33 Å². The van der Waals surface area contributed by atoms with Crippen molar-refractivity contribution in [3.63, 3.8) is 0 Å². The maximum Gasteiger partial charge on any atom is 0.253 e. The van der Waals surface area contributed by atoms with Crippen LogP contribution in [0.2, 0.25) is 0 Å². The minimum atomic E-state index is 0.0123. The predicted molar refractivity (Wildman–Crippen MR) is 51.6 cm³/mol. The van der Waals surface area contributed by atoms with E-state index in [1.807, 2.05) is 7.05 Å². The second-order valence-corrected chi connectivity index (χ2v) is 3.09. The molecule has 4 nitrogen and oxygen atoms in total. The van der Waals surface area contributed by atoms with E-state index in [0.29, 0.717) is 12.6 Å². The smallest absolute Gasteiger partial charge is 0.253 e. The van der Waals surface area contributed by atoms with Crippen molar-refractivity contribution in [1.29, 1.82) is 0 Å². The fourth-order valence-electron chi connectivity index (χ4n) is 1.02. The Bertz CT molecular complexity index is 308. The van der Waals surface area contributed by atoms with Crippen LogP contribution in [0.3, 0.4) is 0 Å². The van der Waals surface area contributed by atoms with Crippen molar-refractivity contribution in [2.24, 2.45) is 0 Å². The van der Waals surface area contributed by atoms with Crippen LogP contribution in [0.4, 0.5) is 0 Å². The fraction of sp³-hybridized carbons (Fsp3) is 0.556. The zero-order valence-electron chi connectivity index (χ0n) is 8.03. The van der Waals surface area contributed by atoms with Crippen molar-refractivity contribution in [1.82, 2.24) is 14.9 Å². The summed E-state index contributed by atoms with van der Waals surface area (Å²) in [6, 6.07) is 1.90. The minimum absolute atomic E-state index is 0.0123. The van der Waals surface area contributed by atoms with Gasteiger partial charge in [-0.15, -0.1) is 0 Å². The Kier molecular flexibility index (Phi) is 3.64. The quantitative estimate of drug-likeness (QED) is 0.724. The normalized spacial score (nSPS) is 12.8. The van der Waals surface area contributed by atoms with Crippen molar-refractivity contribution in [2.45, 2.75) is 25.9 Å². The monoisotopic (exact) mass is 181 g/mol. The van der Waals surface area contributed by atoms with Crippen LogP contribution in [-0.4, -0.2) is 22.6 Å². The van der Waals surface area contributed by atoms with Crippen LogP contribution >= 0.6 is 0 Å². The SMILES string of the molecule is CNC(C)CCn1cnccc1=O. The van der Waals surface area contributed by atoms with E-state index in [1.165, 1.54) is 12.3 Å². The van der Waals surface area contributed by atoms with Crippen LogP contribution in [0.15, 0.2) is 23.4 Å². The first-order chi connectivity index (χ1) is 6.24. The lowest BCUT2D eigenvalue weighted by atomic mass is 10.2. The van der Waals surface area contributed by atoms with E-state index in [0.717, 1.165) is 6.42 Å². The number of aromatic nitrogens is 2. The molecular weight excluding hydrogens is 166 g/mol. The molecule has 1 N–H and O–H groups in total. The van der Waals surface area contributed by atoms with Gasteiger partial charge in [0, 0.05) is 24.8 Å². The van der Waals surface area contributed by atoms with Crippen LogP contribution < -0.4 is 10.9 Å². The Morgan fingerprint density at radius 1 is 1.69 bits per heavy atom. The Balaban J connectivity index is 2.55. The van der Waals surface area contributed by atoms with E-state index >= 15 is 0 Å². The summed E-state index contributed by atoms with van der Waals surface area (Å²) in [4.78, 5) is 15.1. The third-order valence-corrected chi connectivity index (χ3v) is 2.09. The molecule has 0 bridgehead atoms. The molecule has 0 saturated heterocycles. The van der Waals surface area contributed by atoms with Crippen LogP contribution in [-0.2, 0) is 6.54 Å². The first-order valence-electron chi connectivity index (χ1n) is 4.41. The van der Waals surface area contributed by atoms with Gasteiger partial charge < -0.3 is 5.32 Å². The van der Waals surface area contributed by atoms with Gasteiger partial charge in [0.25, 0.3) is 5.56 Å². The molecule has 0 amide bonds. The lowest BCUT2D eigenvalue weighted by molar-refractivity contribution is 0.500. The van der Waals surface area contributed by atoms with Crippen molar-refractivity contribution < 1.29 is 0 Å². The summed E-state index contributed by atoms with van der Waals surface area (Å²) in [5.74, 6) is 0. The highest BCUT2D eigenvalue weighted by Gasteiger charge is 1.99. The highest BCUT2D eigenvalue weighted by molar-refractivity contribution is 4.82. The number of nitrogens with zero attached hydrogens (tertiary/aromatic N) is 2. The Morgan fingerprint density at radius 3 is 3.08 bits per heavy atom. The molecule has 0 aliphatic carbocycles. The highest BCUT2D eigenvalue weighted by Crippen LogP contribution is 1.91. The Labute approximate surface area is 77.6 Å². The molecule has 0 aliphatic rings. The summed E-state index contributed by atoms with van der Waals surface area (Å²) in [5.41, 5.74) is 0.0123. The molecule has 1 rings (SSSR count). The van der Waals surface area contributed by atoms with Gasteiger partial charge in [-0.05, 0) is 20.4 Å². The van der Waals surface area contributed by atoms with Crippen LogP contribution in [0.1, 0.15) is 13.3 Å². The third-order valence-electron chi connectivity index (χ3n) is 2.09. The zero-order valence-corrected chi connectivity index (χ0v) is 8.03. The number of aryl methyl sites for hydroxylation is 1. The van der Waals surface area contributed by atoms with Gasteiger partial charge >= 0.3 is 0 Å². The molecule has 1 heterocycles. The van der Waals surface area contributed by atoms with Gasteiger partial charge in [-0.3, -0.25) is 9.36 Å². The van der Waals surface area contributed by atoms with E-state index in [4.69, 9.17) is 0 Å².